The quantitative estimate of drug-likeness (QED) is 0.154. The standard InChI is InChI=1S/C46H66N2O6/c1-31(2)34-14-19-46(30-53-39(51)26-47-22-8-10-32(24-47)28-49)21-20-44(6)35(41(34)46)12-13-37-43(5)17-16-38(42(3,4)36(43)15-18-45(37,44)7)54-40(52)27-48-23-9-11-33(25-48)29-50/h8-11,22-25,34-38,41,49-50H,1,12-21,26-30H2,2-7H3/q+2/t34-,35?,36?,37?,38-,41?,43-,44+,45+,46+/m0/s1. The molecule has 2 heterocycles. The molecule has 0 bridgehead atoms. The number of allylic oxidation sites excluding steroid dienone is 1. The first-order valence-corrected chi connectivity index (χ1v) is 20.8. The van der Waals surface area contributed by atoms with Crippen LogP contribution in [0.1, 0.15) is 117 Å². The number of esters is 2. The maximum Gasteiger partial charge on any atom is 0.372 e. The van der Waals surface area contributed by atoms with Gasteiger partial charge in [-0.2, -0.15) is 9.13 Å². The van der Waals surface area contributed by atoms with E-state index in [0.717, 1.165) is 56.1 Å². The molecule has 0 aromatic carbocycles. The molecule has 5 aliphatic rings. The number of carbonyl (C=O) groups is 2. The Morgan fingerprint density at radius 2 is 1.43 bits per heavy atom. The molecule has 2 N–H and O–H groups in total. The third-order valence-electron chi connectivity index (χ3n) is 16.8. The van der Waals surface area contributed by atoms with Gasteiger partial charge in [-0.3, -0.25) is 0 Å². The van der Waals surface area contributed by atoms with Crippen molar-refractivity contribution < 1.29 is 38.4 Å². The summed E-state index contributed by atoms with van der Waals surface area (Å²) in [5.74, 6) is 2.10. The Morgan fingerprint density at radius 3 is 2.06 bits per heavy atom. The van der Waals surface area contributed by atoms with E-state index in [1.54, 1.807) is 0 Å². The lowest BCUT2D eigenvalue weighted by Gasteiger charge is -2.73. The van der Waals surface area contributed by atoms with Gasteiger partial charge in [0.2, 0.25) is 13.1 Å². The first-order chi connectivity index (χ1) is 25.6. The summed E-state index contributed by atoms with van der Waals surface area (Å²) in [5.41, 5.74) is 3.20. The fraction of sp³-hybridized carbons (Fsp3) is 0.696. The summed E-state index contributed by atoms with van der Waals surface area (Å²) >= 11 is 0. The molecule has 0 aliphatic heterocycles. The fourth-order valence-electron chi connectivity index (χ4n) is 14.0. The van der Waals surface area contributed by atoms with E-state index in [0.29, 0.717) is 36.2 Å². The van der Waals surface area contributed by atoms with Crippen LogP contribution in [0.5, 0.6) is 0 Å². The van der Waals surface area contributed by atoms with E-state index in [1.165, 1.54) is 24.8 Å². The number of rotatable bonds is 10. The normalized spacial score (nSPS) is 37.9. The molecular formula is C46H66N2O6+2. The molecule has 7 rings (SSSR count). The zero-order valence-electron chi connectivity index (χ0n) is 33.8. The van der Waals surface area contributed by atoms with Gasteiger partial charge in [0.05, 0.1) is 19.8 Å². The maximum atomic E-state index is 13.3. The first-order valence-electron chi connectivity index (χ1n) is 20.8. The van der Waals surface area contributed by atoms with E-state index in [9.17, 15) is 19.8 Å². The van der Waals surface area contributed by atoms with Crippen molar-refractivity contribution in [3.05, 3.63) is 72.3 Å². The average Bonchev–Trinajstić information content (AvgIpc) is 3.53. The van der Waals surface area contributed by atoms with E-state index in [-0.39, 0.29) is 71.4 Å². The van der Waals surface area contributed by atoms with Gasteiger partial charge in [0.25, 0.3) is 0 Å². The topological polar surface area (TPSA) is 101 Å². The van der Waals surface area contributed by atoms with Gasteiger partial charge in [0, 0.05) is 34.1 Å². The molecule has 8 nitrogen and oxygen atoms in total. The van der Waals surface area contributed by atoms with Crippen LogP contribution in [0.3, 0.4) is 0 Å². The minimum absolute atomic E-state index is 0.0208. The van der Waals surface area contributed by atoms with Crippen molar-refractivity contribution in [3.63, 3.8) is 0 Å². The Labute approximate surface area is 323 Å². The van der Waals surface area contributed by atoms with Crippen LogP contribution in [0.2, 0.25) is 0 Å². The number of pyridine rings is 2. The largest absolute Gasteiger partial charge is 0.460 e. The van der Waals surface area contributed by atoms with E-state index < -0.39 is 0 Å². The van der Waals surface area contributed by atoms with Crippen LogP contribution in [0.25, 0.3) is 0 Å². The molecule has 5 saturated carbocycles. The molecule has 10 atom stereocenters. The van der Waals surface area contributed by atoms with Crippen LogP contribution in [0, 0.1) is 56.7 Å². The van der Waals surface area contributed by atoms with Gasteiger partial charge >= 0.3 is 11.9 Å². The van der Waals surface area contributed by atoms with Crippen molar-refractivity contribution in [2.24, 2.45) is 56.7 Å². The van der Waals surface area contributed by atoms with Crippen LogP contribution in [-0.2, 0) is 45.4 Å². The Kier molecular flexibility index (Phi) is 10.5. The number of carbonyl (C=O) groups excluding carboxylic acids is 2. The molecule has 0 amide bonds. The molecule has 5 fully saturated rings. The van der Waals surface area contributed by atoms with Crippen LogP contribution in [0.15, 0.2) is 61.2 Å². The van der Waals surface area contributed by atoms with E-state index >= 15 is 0 Å². The lowest BCUT2D eigenvalue weighted by atomic mass is 9.32. The molecule has 2 aromatic rings. The predicted molar refractivity (Wildman–Crippen MR) is 205 cm³/mol. The molecule has 0 radical (unpaired) electrons. The fourth-order valence-corrected chi connectivity index (χ4v) is 14.0. The van der Waals surface area contributed by atoms with Gasteiger partial charge in [-0.05, 0) is 129 Å². The monoisotopic (exact) mass is 742 g/mol. The lowest BCUT2D eigenvalue weighted by Crippen LogP contribution is -2.67. The van der Waals surface area contributed by atoms with Crippen LogP contribution in [0.4, 0.5) is 0 Å². The first kappa shape index (κ1) is 39.1. The molecule has 5 aliphatic carbocycles. The smallest absolute Gasteiger partial charge is 0.372 e. The van der Waals surface area contributed by atoms with Gasteiger partial charge in [0.15, 0.2) is 24.8 Å². The molecule has 2 aromatic heterocycles. The average molecular weight is 743 g/mol. The summed E-state index contributed by atoms with van der Waals surface area (Å²) in [6.45, 7) is 20.0. The predicted octanol–water partition coefficient (Wildman–Crippen LogP) is 7.06. The highest BCUT2D eigenvalue weighted by Crippen LogP contribution is 2.77. The summed E-state index contributed by atoms with van der Waals surface area (Å²) in [5, 5.41) is 19.1. The number of ether oxygens (including phenoxy) is 2. The van der Waals surface area contributed by atoms with Crippen molar-refractivity contribution >= 4 is 11.9 Å². The molecule has 54 heavy (non-hydrogen) atoms. The summed E-state index contributed by atoms with van der Waals surface area (Å²) in [6.07, 6.45) is 18.4. The van der Waals surface area contributed by atoms with E-state index in [4.69, 9.17) is 9.47 Å². The molecule has 0 saturated heterocycles. The van der Waals surface area contributed by atoms with Gasteiger partial charge < -0.3 is 19.7 Å². The zero-order chi connectivity index (χ0) is 38.7. The number of aliphatic hydroxyl groups is 2. The van der Waals surface area contributed by atoms with Gasteiger partial charge in [-0.1, -0.05) is 46.8 Å². The van der Waals surface area contributed by atoms with Crippen LogP contribution in [-0.4, -0.2) is 34.9 Å². The van der Waals surface area contributed by atoms with Gasteiger partial charge in [-0.15, -0.1) is 0 Å². The van der Waals surface area contributed by atoms with E-state index in [2.05, 4.69) is 48.1 Å². The summed E-state index contributed by atoms with van der Waals surface area (Å²) < 4.78 is 16.2. The lowest BCUT2D eigenvalue weighted by molar-refractivity contribution is -0.686. The maximum absolute atomic E-state index is 13.3. The highest BCUT2D eigenvalue weighted by molar-refractivity contribution is 5.68. The SMILES string of the molecule is C=C(C)[C@@H]1CC[C@]2(COC(=O)C[n+]3cccc(CO)c3)CC[C@]3(C)C(CCC4[C@@]5(C)CC[C@H](OC(=O)C[n+]6cccc(CO)c6)C(C)(C)C5CC[C@]43C)C12. The molecule has 8 heteroatoms. The van der Waals surface area contributed by atoms with Gasteiger partial charge in [0.1, 0.15) is 6.10 Å². The number of hydrogen-bond donors (Lipinski definition) is 2. The molecular weight excluding hydrogens is 677 g/mol. The van der Waals surface area contributed by atoms with Crippen molar-refractivity contribution in [2.75, 3.05) is 6.61 Å². The highest BCUT2D eigenvalue weighted by atomic mass is 16.5. The summed E-state index contributed by atoms with van der Waals surface area (Å²) in [6, 6.07) is 7.43. The molecule has 0 spiro atoms. The third kappa shape index (κ3) is 6.45. The Bertz CT molecular complexity index is 1760. The van der Waals surface area contributed by atoms with Crippen LogP contribution >= 0.6 is 0 Å². The number of hydrogen-bond acceptors (Lipinski definition) is 6. The Balaban J connectivity index is 1.08. The second kappa shape index (κ2) is 14.4. The minimum Gasteiger partial charge on any atom is -0.460 e. The number of aromatic nitrogens is 2. The van der Waals surface area contributed by atoms with Crippen LogP contribution < -0.4 is 9.13 Å². The number of fused-ring (bicyclic) bond motifs is 7. The van der Waals surface area contributed by atoms with E-state index in [1.807, 2.05) is 58.2 Å². The second-order valence-corrected chi connectivity index (χ2v) is 19.6. The minimum atomic E-state index is -0.212. The highest BCUT2D eigenvalue weighted by Gasteiger charge is 2.71. The van der Waals surface area contributed by atoms with Crippen molar-refractivity contribution in [3.8, 4) is 0 Å². The van der Waals surface area contributed by atoms with Gasteiger partial charge in [-0.25, -0.2) is 9.59 Å². The number of nitrogens with zero attached hydrogens (tertiary/aromatic N) is 2. The molecule has 294 valence electrons. The van der Waals surface area contributed by atoms with Crippen molar-refractivity contribution in [2.45, 2.75) is 138 Å². The zero-order valence-corrected chi connectivity index (χ0v) is 33.8. The summed E-state index contributed by atoms with van der Waals surface area (Å²) in [4.78, 5) is 26.6. The third-order valence-corrected chi connectivity index (χ3v) is 16.8. The van der Waals surface area contributed by atoms with Crippen molar-refractivity contribution in [1.82, 2.24) is 0 Å². The van der Waals surface area contributed by atoms with Crippen molar-refractivity contribution in [1.29, 1.82) is 0 Å². The number of aliphatic hydroxyl groups excluding tert-OH is 2. The second-order valence-electron chi connectivity index (χ2n) is 19.6. The Morgan fingerprint density at radius 1 is 0.778 bits per heavy atom. The molecule has 4 unspecified atom stereocenters. The summed E-state index contributed by atoms with van der Waals surface area (Å²) in [7, 11) is 0. The Hall–Kier alpha value is -3.10.